The van der Waals surface area contributed by atoms with Crippen molar-refractivity contribution in [2.24, 2.45) is 4.99 Å². The fourth-order valence-corrected chi connectivity index (χ4v) is 5.14. The summed E-state index contributed by atoms with van der Waals surface area (Å²) < 4.78 is 6.84. The van der Waals surface area contributed by atoms with E-state index in [2.05, 4.69) is 50.5 Å². The number of aliphatic imine (C=N–C) groups is 1. The average molecular weight is 578 g/mol. The summed E-state index contributed by atoms with van der Waals surface area (Å²) in [4.78, 5) is 29.3. The topological polar surface area (TPSA) is 67.8 Å². The second-order valence-corrected chi connectivity index (χ2v) is 10.2. The summed E-state index contributed by atoms with van der Waals surface area (Å²) in [5, 5.41) is 5.74. The van der Waals surface area contributed by atoms with E-state index in [0.29, 0.717) is 27.8 Å². The van der Waals surface area contributed by atoms with Crippen LogP contribution in [0.2, 0.25) is 5.02 Å². The van der Waals surface area contributed by atoms with Gasteiger partial charge in [0.05, 0.1) is 9.38 Å². The molecule has 2 amide bonds. The van der Waals surface area contributed by atoms with E-state index < -0.39 is 5.91 Å². The largest absolute Gasteiger partial charge is 0.488 e. The lowest BCUT2D eigenvalue weighted by Crippen LogP contribution is -2.20. The molecule has 0 aliphatic carbocycles. The number of nitrogens with zero attached hydrogens (tertiary/aromatic N) is 1. The van der Waals surface area contributed by atoms with Gasteiger partial charge in [-0.2, -0.15) is 4.99 Å². The zero-order valence-corrected chi connectivity index (χ0v) is 21.9. The second kappa shape index (κ2) is 10.7. The fourth-order valence-electron chi connectivity index (χ4n) is 3.68. The molecule has 0 spiro atoms. The van der Waals surface area contributed by atoms with E-state index in [1.807, 2.05) is 36.4 Å². The number of halogens is 2. The predicted octanol–water partition coefficient (Wildman–Crippen LogP) is 7.24. The summed E-state index contributed by atoms with van der Waals surface area (Å²) in [6.07, 6.45) is 1.74. The van der Waals surface area contributed by atoms with E-state index in [-0.39, 0.29) is 11.1 Å². The maximum atomic E-state index is 12.4. The molecule has 1 heterocycles. The summed E-state index contributed by atoms with van der Waals surface area (Å²) in [7, 11) is 0. The molecule has 0 atom stereocenters. The fraction of sp³-hybridized carbons (Fsp3) is 0.0357. The third-order valence-electron chi connectivity index (χ3n) is 5.46. The molecule has 4 aromatic rings. The lowest BCUT2D eigenvalue weighted by Gasteiger charge is -2.11. The second-order valence-electron chi connectivity index (χ2n) is 7.91. The van der Waals surface area contributed by atoms with Gasteiger partial charge in [0.15, 0.2) is 5.17 Å². The summed E-state index contributed by atoms with van der Waals surface area (Å²) >= 11 is 10.5. The number of amides is 2. The number of fused-ring (bicyclic) bond motifs is 1. The predicted molar refractivity (Wildman–Crippen MR) is 149 cm³/mol. The number of hydrogen-bond acceptors (Lipinski definition) is 4. The number of carbonyl (C=O) groups is 2. The minimum absolute atomic E-state index is 0.236. The van der Waals surface area contributed by atoms with E-state index in [1.54, 1.807) is 30.3 Å². The molecule has 0 unspecified atom stereocenters. The number of nitrogens with one attached hydrogen (secondary N) is 1. The Morgan fingerprint density at radius 1 is 1.03 bits per heavy atom. The Kier molecular flexibility index (Phi) is 7.23. The highest BCUT2D eigenvalue weighted by atomic mass is 79.9. The molecule has 5 nitrogen and oxygen atoms in total. The lowest BCUT2D eigenvalue weighted by molar-refractivity contribution is -0.115. The molecule has 0 bridgehead atoms. The molecule has 1 fully saturated rings. The van der Waals surface area contributed by atoms with E-state index in [4.69, 9.17) is 16.3 Å². The summed E-state index contributed by atoms with van der Waals surface area (Å²) in [5.74, 6) is -0.0642. The highest BCUT2D eigenvalue weighted by molar-refractivity contribution is 9.10. The van der Waals surface area contributed by atoms with Gasteiger partial charge in [0, 0.05) is 10.6 Å². The maximum Gasteiger partial charge on any atom is 0.279 e. The van der Waals surface area contributed by atoms with Crippen molar-refractivity contribution in [3.8, 4) is 5.75 Å². The first-order valence-corrected chi connectivity index (χ1v) is 12.9. The quantitative estimate of drug-likeness (QED) is 0.254. The summed E-state index contributed by atoms with van der Waals surface area (Å²) in [6.45, 7) is 0.431. The van der Waals surface area contributed by atoms with Gasteiger partial charge in [-0.1, -0.05) is 60.1 Å². The van der Waals surface area contributed by atoms with Crippen molar-refractivity contribution < 1.29 is 14.3 Å². The minimum atomic E-state index is -0.453. The van der Waals surface area contributed by atoms with Crippen molar-refractivity contribution in [1.82, 2.24) is 5.32 Å². The summed E-state index contributed by atoms with van der Waals surface area (Å²) in [5.41, 5.74) is 2.30. The van der Waals surface area contributed by atoms with E-state index in [1.165, 1.54) is 5.39 Å². The van der Waals surface area contributed by atoms with Gasteiger partial charge >= 0.3 is 0 Å². The number of rotatable bonds is 5. The van der Waals surface area contributed by atoms with Gasteiger partial charge in [-0.05, 0) is 92.1 Å². The van der Waals surface area contributed by atoms with Crippen LogP contribution < -0.4 is 10.1 Å². The SMILES string of the molecule is O=C1NC(=NC(=O)c2ccc(Cl)cc2)S/C1=C\c1ccc(OCc2cccc3ccccc23)c(Br)c1. The standard InChI is InChI=1S/C28H18BrClN2O3S/c29-23-14-17(8-13-24(23)35-16-20-6-3-5-18-4-1-2-7-22(18)20)15-25-27(34)32-28(36-25)31-26(33)19-9-11-21(30)12-10-19/h1-15H,16H2,(H,31,32,33,34)/b25-15-. The van der Waals surface area contributed by atoms with Gasteiger partial charge < -0.3 is 10.1 Å². The molecule has 1 N–H and O–H groups in total. The van der Waals surface area contributed by atoms with Crippen molar-refractivity contribution >= 4 is 73.1 Å². The molecule has 5 rings (SSSR count). The molecule has 4 aromatic carbocycles. The molecular weight excluding hydrogens is 560 g/mol. The van der Waals surface area contributed by atoms with E-state index >= 15 is 0 Å². The number of thioether (sulfide) groups is 1. The Balaban J connectivity index is 1.28. The lowest BCUT2D eigenvalue weighted by atomic mass is 10.1. The monoisotopic (exact) mass is 576 g/mol. The first-order chi connectivity index (χ1) is 17.5. The van der Waals surface area contributed by atoms with E-state index in [9.17, 15) is 9.59 Å². The third kappa shape index (κ3) is 5.54. The van der Waals surface area contributed by atoms with Crippen LogP contribution in [0.4, 0.5) is 0 Å². The Morgan fingerprint density at radius 2 is 1.81 bits per heavy atom. The molecule has 0 radical (unpaired) electrons. The van der Waals surface area contributed by atoms with Crippen molar-refractivity contribution in [3.63, 3.8) is 0 Å². The number of carbonyl (C=O) groups excluding carboxylic acids is 2. The first kappa shape index (κ1) is 24.3. The molecule has 1 aliphatic rings. The number of ether oxygens (including phenoxy) is 1. The number of amidine groups is 1. The molecule has 178 valence electrons. The van der Waals surface area contributed by atoms with Gasteiger partial charge in [0.2, 0.25) is 0 Å². The maximum absolute atomic E-state index is 12.4. The van der Waals surface area contributed by atoms with Gasteiger partial charge in [-0.3, -0.25) is 9.59 Å². The Labute approximate surface area is 225 Å². The van der Waals surface area contributed by atoms with Gasteiger partial charge in [-0.25, -0.2) is 0 Å². The molecule has 0 aromatic heterocycles. The highest BCUT2D eigenvalue weighted by Crippen LogP contribution is 2.31. The third-order valence-corrected chi connectivity index (χ3v) is 7.24. The molecule has 0 saturated carbocycles. The van der Waals surface area contributed by atoms with Gasteiger partial charge in [-0.15, -0.1) is 0 Å². The average Bonchev–Trinajstić information content (AvgIpc) is 3.22. The smallest absolute Gasteiger partial charge is 0.279 e. The molecular formula is C28H18BrClN2O3S. The molecule has 36 heavy (non-hydrogen) atoms. The molecule has 1 aliphatic heterocycles. The van der Waals surface area contributed by atoms with Crippen molar-refractivity contribution in [2.75, 3.05) is 0 Å². The van der Waals surface area contributed by atoms with Crippen LogP contribution in [0.5, 0.6) is 5.75 Å². The zero-order valence-electron chi connectivity index (χ0n) is 18.7. The van der Waals surface area contributed by atoms with Crippen molar-refractivity contribution in [1.29, 1.82) is 0 Å². The summed E-state index contributed by atoms with van der Waals surface area (Å²) in [6, 6.07) is 26.4. The Hall–Kier alpha value is -3.39. The first-order valence-electron chi connectivity index (χ1n) is 10.9. The van der Waals surface area contributed by atoms with Crippen LogP contribution >= 0.6 is 39.3 Å². The van der Waals surface area contributed by atoms with Gasteiger partial charge in [0.25, 0.3) is 11.8 Å². The Bertz CT molecular complexity index is 1550. The number of hydrogen-bond donors (Lipinski definition) is 1. The van der Waals surface area contributed by atoms with Crippen LogP contribution in [0, 0.1) is 0 Å². The van der Waals surface area contributed by atoms with Crippen LogP contribution in [0.1, 0.15) is 21.5 Å². The number of benzene rings is 4. The van der Waals surface area contributed by atoms with Crippen LogP contribution in [0.3, 0.4) is 0 Å². The van der Waals surface area contributed by atoms with Crippen LogP contribution in [0.25, 0.3) is 16.8 Å². The van der Waals surface area contributed by atoms with Crippen LogP contribution in [-0.4, -0.2) is 17.0 Å². The van der Waals surface area contributed by atoms with Crippen molar-refractivity contribution in [2.45, 2.75) is 6.61 Å². The zero-order chi connectivity index (χ0) is 25.1. The van der Waals surface area contributed by atoms with Crippen LogP contribution in [-0.2, 0) is 11.4 Å². The Morgan fingerprint density at radius 3 is 2.61 bits per heavy atom. The highest BCUT2D eigenvalue weighted by Gasteiger charge is 2.25. The normalized spacial score (nSPS) is 15.4. The van der Waals surface area contributed by atoms with E-state index in [0.717, 1.165) is 32.7 Å². The molecule has 8 heteroatoms. The minimum Gasteiger partial charge on any atom is -0.488 e. The van der Waals surface area contributed by atoms with Gasteiger partial charge in [0.1, 0.15) is 12.4 Å². The van der Waals surface area contributed by atoms with Crippen molar-refractivity contribution in [3.05, 3.63) is 116 Å². The van der Waals surface area contributed by atoms with Crippen LogP contribution in [0.15, 0.2) is 99.3 Å². The molecule has 1 saturated heterocycles.